The lowest BCUT2D eigenvalue weighted by atomic mass is 10.2. The molecule has 0 atom stereocenters. The highest BCUT2D eigenvalue weighted by Gasteiger charge is 2.00. The summed E-state index contributed by atoms with van der Waals surface area (Å²) in [4.78, 5) is 2.15. The Morgan fingerprint density at radius 1 is 1.27 bits per heavy atom. The van der Waals surface area contributed by atoms with Gasteiger partial charge in [-0.25, -0.2) is 0 Å². The molecule has 0 spiro atoms. The highest BCUT2D eigenvalue weighted by atomic mass is 16.5. The van der Waals surface area contributed by atoms with Crippen LogP contribution in [-0.2, 0) is 6.54 Å². The van der Waals surface area contributed by atoms with Crippen molar-refractivity contribution in [1.29, 1.82) is 0 Å². The molecule has 1 aromatic carbocycles. The Morgan fingerprint density at radius 3 is 2.67 bits per heavy atom. The van der Waals surface area contributed by atoms with E-state index in [2.05, 4.69) is 19.0 Å². The fourth-order valence-corrected chi connectivity index (χ4v) is 1.38. The molecule has 84 valence electrons. The average molecular weight is 208 g/mol. The van der Waals surface area contributed by atoms with Gasteiger partial charge in [0.05, 0.1) is 6.61 Å². The molecule has 0 saturated carbocycles. The van der Waals surface area contributed by atoms with E-state index in [1.807, 2.05) is 24.3 Å². The molecule has 1 aromatic rings. The first-order valence-electron chi connectivity index (χ1n) is 5.29. The van der Waals surface area contributed by atoms with Crippen LogP contribution in [-0.4, -0.2) is 32.1 Å². The molecule has 0 fully saturated rings. The van der Waals surface area contributed by atoms with Gasteiger partial charge < -0.3 is 15.4 Å². The summed E-state index contributed by atoms with van der Waals surface area (Å²) in [7, 11) is 4.13. The number of ether oxygens (including phenoxy) is 1. The second-order valence-electron chi connectivity index (χ2n) is 3.82. The van der Waals surface area contributed by atoms with E-state index >= 15 is 0 Å². The van der Waals surface area contributed by atoms with Crippen molar-refractivity contribution in [3.8, 4) is 5.75 Å². The lowest BCUT2D eigenvalue weighted by molar-refractivity contribution is 0.279. The van der Waals surface area contributed by atoms with Crippen LogP contribution in [0.15, 0.2) is 24.3 Å². The van der Waals surface area contributed by atoms with Crippen LogP contribution in [0.3, 0.4) is 0 Å². The molecule has 1 rings (SSSR count). The number of benzene rings is 1. The minimum absolute atomic E-state index is 0.532. The fraction of sp³-hybridized carbons (Fsp3) is 0.500. The second-order valence-corrected chi connectivity index (χ2v) is 3.82. The second kappa shape index (κ2) is 6.43. The summed E-state index contributed by atoms with van der Waals surface area (Å²) in [6, 6.07) is 7.93. The maximum absolute atomic E-state index is 5.67. The normalized spacial score (nSPS) is 10.7. The van der Waals surface area contributed by atoms with Gasteiger partial charge in [0.25, 0.3) is 0 Å². The average Bonchev–Trinajstić information content (AvgIpc) is 2.24. The van der Waals surface area contributed by atoms with Gasteiger partial charge in [-0.05, 0) is 26.6 Å². The summed E-state index contributed by atoms with van der Waals surface area (Å²) in [5.74, 6) is 0.916. The maximum atomic E-state index is 5.67. The lowest BCUT2D eigenvalue weighted by Crippen LogP contribution is -2.15. The van der Waals surface area contributed by atoms with Gasteiger partial charge in [-0.15, -0.1) is 0 Å². The lowest BCUT2D eigenvalue weighted by Gasteiger charge is -2.12. The largest absolute Gasteiger partial charge is 0.493 e. The standard InChI is InChI=1S/C12H20N2O/c1-14(2)8-5-9-15-12-7-4-3-6-11(12)10-13/h3-4,6-7H,5,8-10,13H2,1-2H3. The topological polar surface area (TPSA) is 38.5 Å². The minimum atomic E-state index is 0.532. The van der Waals surface area contributed by atoms with Crippen LogP contribution in [0.4, 0.5) is 0 Å². The molecule has 0 saturated heterocycles. The summed E-state index contributed by atoms with van der Waals surface area (Å²) in [6.45, 7) is 2.32. The van der Waals surface area contributed by atoms with E-state index in [-0.39, 0.29) is 0 Å². The van der Waals surface area contributed by atoms with Gasteiger partial charge in [-0.3, -0.25) is 0 Å². The molecule has 0 aliphatic rings. The van der Waals surface area contributed by atoms with E-state index in [4.69, 9.17) is 10.5 Å². The van der Waals surface area contributed by atoms with E-state index in [0.29, 0.717) is 6.54 Å². The Morgan fingerprint density at radius 2 is 2.00 bits per heavy atom. The van der Waals surface area contributed by atoms with Crippen LogP contribution in [0.2, 0.25) is 0 Å². The Labute approximate surface area is 91.8 Å². The van der Waals surface area contributed by atoms with Crippen molar-refractivity contribution < 1.29 is 4.74 Å². The van der Waals surface area contributed by atoms with E-state index in [0.717, 1.165) is 30.9 Å². The van der Waals surface area contributed by atoms with Crippen molar-refractivity contribution in [3.63, 3.8) is 0 Å². The molecule has 0 unspecified atom stereocenters. The predicted molar refractivity (Wildman–Crippen MR) is 63.0 cm³/mol. The molecule has 3 nitrogen and oxygen atoms in total. The van der Waals surface area contributed by atoms with Crippen LogP contribution in [0, 0.1) is 0 Å². The monoisotopic (exact) mass is 208 g/mol. The Balaban J connectivity index is 2.36. The first-order valence-corrected chi connectivity index (χ1v) is 5.29. The van der Waals surface area contributed by atoms with E-state index in [9.17, 15) is 0 Å². The number of nitrogens with two attached hydrogens (primary N) is 1. The van der Waals surface area contributed by atoms with Crippen molar-refractivity contribution >= 4 is 0 Å². The highest BCUT2D eigenvalue weighted by molar-refractivity contribution is 5.32. The molecule has 0 aromatic heterocycles. The highest BCUT2D eigenvalue weighted by Crippen LogP contribution is 2.16. The SMILES string of the molecule is CN(C)CCCOc1ccccc1CN. The number of nitrogens with zero attached hydrogens (tertiary/aromatic N) is 1. The van der Waals surface area contributed by atoms with Crippen LogP contribution >= 0.6 is 0 Å². The zero-order valence-corrected chi connectivity index (χ0v) is 9.57. The molecule has 3 heteroatoms. The molecule has 0 bridgehead atoms. The van der Waals surface area contributed by atoms with Gasteiger partial charge in [0.1, 0.15) is 5.75 Å². The Kier molecular flexibility index (Phi) is 5.15. The smallest absolute Gasteiger partial charge is 0.123 e. The van der Waals surface area contributed by atoms with Gasteiger partial charge in [0.15, 0.2) is 0 Å². The van der Waals surface area contributed by atoms with Gasteiger partial charge in [0, 0.05) is 18.7 Å². The molecule has 2 N–H and O–H groups in total. The van der Waals surface area contributed by atoms with Crippen molar-refractivity contribution in [3.05, 3.63) is 29.8 Å². The minimum Gasteiger partial charge on any atom is -0.493 e. The van der Waals surface area contributed by atoms with E-state index in [1.165, 1.54) is 0 Å². The summed E-state index contributed by atoms with van der Waals surface area (Å²) >= 11 is 0. The van der Waals surface area contributed by atoms with Crippen LogP contribution in [0.1, 0.15) is 12.0 Å². The first kappa shape index (κ1) is 12.0. The fourth-order valence-electron chi connectivity index (χ4n) is 1.38. The number of rotatable bonds is 6. The summed E-state index contributed by atoms with van der Waals surface area (Å²) in [6.07, 6.45) is 1.03. The van der Waals surface area contributed by atoms with Crippen LogP contribution in [0.25, 0.3) is 0 Å². The third-order valence-electron chi connectivity index (χ3n) is 2.20. The van der Waals surface area contributed by atoms with Gasteiger partial charge in [-0.1, -0.05) is 18.2 Å². The number of hydrogen-bond acceptors (Lipinski definition) is 3. The molecule has 15 heavy (non-hydrogen) atoms. The number of hydrogen-bond donors (Lipinski definition) is 1. The van der Waals surface area contributed by atoms with Gasteiger partial charge >= 0.3 is 0 Å². The number of para-hydroxylation sites is 1. The molecule has 0 aliphatic carbocycles. The third kappa shape index (κ3) is 4.32. The zero-order chi connectivity index (χ0) is 11.1. The van der Waals surface area contributed by atoms with Crippen molar-refractivity contribution in [2.24, 2.45) is 5.73 Å². The van der Waals surface area contributed by atoms with Crippen molar-refractivity contribution in [2.45, 2.75) is 13.0 Å². The predicted octanol–water partition coefficient (Wildman–Crippen LogP) is 1.48. The van der Waals surface area contributed by atoms with Crippen LogP contribution in [0.5, 0.6) is 5.75 Å². The van der Waals surface area contributed by atoms with Gasteiger partial charge in [-0.2, -0.15) is 0 Å². The zero-order valence-electron chi connectivity index (χ0n) is 9.57. The molecule has 0 radical (unpaired) electrons. The van der Waals surface area contributed by atoms with E-state index < -0.39 is 0 Å². The molecule has 0 amide bonds. The van der Waals surface area contributed by atoms with Gasteiger partial charge in [0.2, 0.25) is 0 Å². The maximum Gasteiger partial charge on any atom is 0.123 e. The molecule has 0 heterocycles. The van der Waals surface area contributed by atoms with Crippen molar-refractivity contribution in [1.82, 2.24) is 4.90 Å². The molecule has 0 aliphatic heterocycles. The Hall–Kier alpha value is -1.06. The first-order chi connectivity index (χ1) is 7.24. The summed E-state index contributed by atoms with van der Waals surface area (Å²) in [5, 5.41) is 0. The summed E-state index contributed by atoms with van der Waals surface area (Å²) in [5.41, 5.74) is 6.69. The summed E-state index contributed by atoms with van der Waals surface area (Å²) < 4.78 is 5.67. The molecular weight excluding hydrogens is 188 g/mol. The third-order valence-corrected chi connectivity index (χ3v) is 2.20. The quantitative estimate of drug-likeness (QED) is 0.720. The van der Waals surface area contributed by atoms with E-state index in [1.54, 1.807) is 0 Å². The Bertz CT molecular complexity index is 287. The van der Waals surface area contributed by atoms with Crippen LogP contribution < -0.4 is 10.5 Å². The van der Waals surface area contributed by atoms with Crippen molar-refractivity contribution in [2.75, 3.05) is 27.2 Å². The molecular formula is C12H20N2O.